The first kappa shape index (κ1) is 30.9. The average Bonchev–Trinajstić information content (AvgIpc) is 2.78. The van der Waals surface area contributed by atoms with E-state index in [1.54, 1.807) is 0 Å². The van der Waals surface area contributed by atoms with Crippen molar-refractivity contribution in [2.75, 3.05) is 0 Å². The van der Waals surface area contributed by atoms with E-state index in [-0.39, 0.29) is 11.5 Å². The van der Waals surface area contributed by atoms with Crippen molar-refractivity contribution in [1.82, 2.24) is 0 Å². The first-order valence-electron chi connectivity index (χ1n) is 10.9. The molecular formula is C27H14F6I4O2. The summed E-state index contributed by atoms with van der Waals surface area (Å²) in [6.07, 6.45) is -8.85. The Labute approximate surface area is 274 Å². The largest absolute Gasteiger partial charge is 0.573 e. The van der Waals surface area contributed by atoms with Crippen molar-refractivity contribution in [2.24, 2.45) is 0 Å². The first-order chi connectivity index (χ1) is 18.2. The lowest BCUT2D eigenvalue weighted by molar-refractivity contribution is -0.275. The van der Waals surface area contributed by atoms with Crippen molar-refractivity contribution in [3.63, 3.8) is 0 Å². The molecule has 204 valence electrons. The normalized spacial score (nSPS) is 11.9. The second kappa shape index (κ2) is 12.5. The van der Waals surface area contributed by atoms with Crippen LogP contribution in [0.2, 0.25) is 0 Å². The standard InChI is InChI=1S/C27H14F6I4O2/c28-26(29,30)38-18-10-20(34)24(21(35)11-18)16-5-1-14(2-6-16)9-15-3-7-17(8-4-15)25-22(36)12-19(13-23(25)37)39-27(31,32)33/h1-8,10-13H,9H2. The van der Waals surface area contributed by atoms with Gasteiger partial charge in [-0.3, -0.25) is 0 Å². The first-order valence-corrected chi connectivity index (χ1v) is 15.2. The maximum atomic E-state index is 12.6. The zero-order valence-corrected chi connectivity index (χ0v) is 27.9. The van der Waals surface area contributed by atoms with Gasteiger partial charge in [0.25, 0.3) is 0 Å². The number of hydrogen-bond acceptors (Lipinski definition) is 2. The van der Waals surface area contributed by atoms with E-state index in [1.807, 2.05) is 139 Å². The molecule has 0 bridgehead atoms. The van der Waals surface area contributed by atoms with Crippen molar-refractivity contribution in [1.29, 1.82) is 0 Å². The van der Waals surface area contributed by atoms with Crippen molar-refractivity contribution >= 4 is 90.4 Å². The van der Waals surface area contributed by atoms with Gasteiger partial charge in [0.05, 0.1) is 0 Å². The molecule has 0 amide bonds. The van der Waals surface area contributed by atoms with E-state index >= 15 is 0 Å². The van der Waals surface area contributed by atoms with Gasteiger partial charge < -0.3 is 9.47 Å². The molecule has 0 aliphatic carbocycles. The fourth-order valence-electron chi connectivity index (χ4n) is 3.85. The molecule has 0 fully saturated rings. The molecule has 0 atom stereocenters. The lowest BCUT2D eigenvalue weighted by Gasteiger charge is -2.14. The van der Waals surface area contributed by atoms with Crippen LogP contribution in [0.3, 0.4) is 0 Å². The highest BCUT2D eigenvalue weighted by molar-refractivity contribution is 14.1. The van der Waals surface area contributed by atoms with Gasteiger partial charge in [0, 0.05) is 25.4 Å². The molecule has 0 saturated heterocycles. The van der Waals surface area contributed by atoms with Crippen LogP contribution >= 0.6 is 90.4 Å². The Kier molecular flexibility index (Phi) is 9.88. The topological polar surface area (TPSA) is 18.5 Å². The van der Waals surface area contributed by atoms with Gasteiger partial charge in [0.15, 0.2) is 0 Å². The predicted octanol–water partition coefficient (Wildman–Crippen LogP) is 10.8. The van der Waals surface area contributed by atoms with Gasteiger partial charge in [-0.2, -0.15) is 0 Å². The minimum atomic E-state index is -4.75. The van der Waals surface area contributed by atoms with Crippen molar-refractivity contribution in [3.05, 3.63) is 98.2 Å². The fraction of sp³-hybridized carbons (Fsp3) is 0.111. The molecule has 0 unspecified atom stereocenters. The molecule has 0 radical (unpaired) electrons. The van der Waals surface area contributed by atoms with Gasteiger partial charge in [0.1, 0.15) is 11.5 Å². The van der Waals surface area contributed by atoms with Crippen LogP contribution in [-0.2, 0) is 6.42 Å². The summed E-state index contributed by atoms with van der Waals surface area (Å²) in [4.78, 5) is 0. The summed E-state index contributed by atoms with van der Waals surface area (Å²) in [7, 11) is 0. The van der Waals surface area contributed by atoms with Gasteiger partial charge >= 0.3 is 12.7 Å². The monoisotopic (exact) mass is 992 g/mol. The Morgan fingerprint density at radius 2 is 0.769 bits per heavy atom. The van der Waals surface area contributed by atoms with Crippen LogP contribution in [0.15, 0.2) is 72.8 Å². The van der Waals surface area contributed by atoms with Gasteiger partial charge in [-0.25, -0.2) is 0 Å². The van der Waals surface area contributed by atoms with Gasteiger partial charge in [0.2, 0.25) is 0 Å². The van der Waals surface area contributed by atoms with E-state index < -0.39 is 12.7 Å². The zero-order valence-electron chi connectivity index (χ0n) is 19.2. The van der Waals surface area contributed by atoms with Crippen LogP contribution in [0.1, 0.15) is 11.1 Å². The summed E-state index contributed by atoms with van der Waals surface area (Å²) in [5.74, 6) is -0.509. The molecule has 4 rings (SSSR count). The molecule has 0 spiro atoms. The third-order valence-electron chi connectivity index (χ3n) is 5.39. The minimum Gasteiger partial charge on any atom is -0.406 e. The van der Waals surface area contributed by atoms with Gasteiger partial charge in [-0.05, 0) is 143 Å². The molecule has 0 aliphatic heterocycles. The van der Waals surface area contributed by atoms with Crippen LogP contribution in [0.4, 0.5) is 26.3 Å². The van der Waals surface area contributed by atoms with E-state index in [0.717, 1.165) is 33.4 Å². The molecule has 2 nitrogen and oxygen atoms in total. The summed E-state index contributed by atoms with van der Waals surface area (Å²) in [5, 5.41) is 0. The SMILES string of the molecule is FC(F)(F)Oc1cc(I)c(-c2ccc(Cc3ccc(-c4c(I)cc(OC(F)(F)F)cc4I)cc3)cc2)c(I)c1. The Bertz CT molecular complexity index is 1330. The van der Waals surface area contributed by atoms with Crippen LogP contribution in [-0.4, -0.2) is 12.7 Å². The van der Waals surface area contributed by atoms with E-state index in [4.69, 9.17) is 0 Å². The molecule has 39 heavy (non-hydrogen) atoms. The van der Waals surface area contributed by atoms with Crippen molar-refractivity contribution in [3.8, 4) is 33.8 Å². The second-order valence-corrected chi connectivity index (χ2v) is 12.8. The maximum absolute atomic E-state index is 12.6. The van der Waals surface area contributed by atoms with Crippen LogP contribution in [0, 0.1) is 14.3 Å². The Balaban J connectivity index is 1.49. The highest BCUT2D eigenvalue weighted by Gasteiger charge is 2.32. The zero-order chi connectivity index (χ0) is 28.5. The maximum Gasteiger partial charge on any atom is 0.573 e. The fourth-order valence-corrected chi connectivity index (χ4v) is 8.52. The molecule has 0 heterocycles. The molecule has 4 aromatic carbocycles. The van der Waals surface area contributed by atoms with Crippen LogP contribution in [0.25, 0.3) is 22.3 Å². The summed E-state index contributed by atoms with van der Waals surface area (Å²) < 4.78 is 86.2. The number of rotatable bonds is 6. The molecule has 0 aliphatic rings. The van der Waals surface area contributed by atoms with Gasteiger partial charge in [-0.15, -0.1) is 26.3 Å². The molecule has 4 aromatic rings. The average molecular weight is 992 g/mol. The van der Waals surface area contributed by atoms with E-state index in [9.17, 15) is 26.3 Å². The third kappa shape index (κ3) is 8.50. The molecule has 0 N–H and O–H groups in total. The lowest BCUT2D eigenvalue weighted by atomic mass is 9.98. The lowest BCUT2D eigenvalue weighted by Crippen LogP contribution is -2.17. The van der Waals surface area contributed by atoms with E-state index in [0.29, 0.717) is 20.7 Å². The summed E-state index contributed by atoms with van der Waals surface area (Å²) in [6.45, 7) is 0. The number of alkyl halides is 6. The van der Waals surface area contributed by atoms with Crippen LogP contribution in [0.5, 0.6) is 11.5 Å². The Morgan fingerprint density at radius 3 is 1.03 bits per heavy atom. The second-order valence-electron chi connectivity index (χ2n) is 8.19. The van der Waals surface area contributed by atoms with E-state index in [2.05, 4.69) is 9.47 Å². The summed E-state index contributed by atoms with van der Waals surface area (Å²) in [5.41, 5.74) is 5.51. The quantitative estimate of drug-likeness (QED) is 0.142. The smallest absolute Gasteiger partial charge is 0.406 e. The number of halogens is 10. The van der Waals surface area contributed by atoms with Crippen molar-refractivity contribution in [2.45, 2.75) is 19.1 Å². The number of hydrogen-bond donors (Lipinski definition) is 0. The minimum absolute atomic E-state index is 0.255. The molecular weight excluding hydrogens is 978 g/mol. The number of benzene rings is 4. The van der Waals surface area contributed by atoms with Crippen LogP contribution < -0.4 is 9.47 Å². The third-order valence-corrected chi connectivity index (χ3v) is 8.80. The van der Waals surface area contributed by atoms with Crippen molar-refractivity contribution < 1.29 is 35.8 Å². The highest BCUT2D eigenvalue weighted by atomic mass is 127. The highest BCUT2D eigenvalue weighted by Crippen LogP contribution is 2.37. The summed E-state index contributed by atoms with van der Waals surface area (Å²) in [6, 6.07) is 21.1. The Hall–Kier alpha value is -1.02. The molecule has 12 heteroatoms. The number of ether oxygens (including phenoxy) is 2. The predicted molar refractivity (Wildman–Crippen MR) is 171 cm³/mol. The Morgan fingerprint density at radius 1 is 0.487 bits per heavy atom. The molecule has 0 saturated carbocycles. The van der Waals surface area contributed by atoms with Gasteiger partial charge in [-0.1, -0.05) is 48.5 Å². The molecule has 0 aromatic heterocycles. The van der Waals surface area contributed by atoms with E-state index in [1.165, 1.54) is 24.3 Å². The summed E-state index contributed by atoms with van der Waals surface area (Å²) >= 11 is 8.01.